The van der Waals surface area contributed by atoms with Gasteiger partial charge in [-0.3, -0.25) is 4.79 Å². The summed E-state index contributed by atoms with van der Waals surface area (Å²) >= 11 is 7.37. The summed E-state index contributed by atoms with van der Waals surface area (Å²) in [5.41, 5.74) is -1.10. The van der Waals surface area contributed by atoms with E-state index in [0.29, 0.717) is 10.6 Å². The van der Waals surface area contributed by atoms with Gasteiger partial charge >= 0.3 is 10.2 Å². The number of hydrogen-bond donors (Lipinski definition) is 2. The number of carbonyl (C=O) groups is 1. The molecule has 0 saturated heterocycles. The van der Waals surface area contributed by atoms with Crippen molar-refractivity contribution >= 4 is 39.1 Å². The lowest BCUT2D eigenvalue weighted by molar-refractivity contribution is -0.123. The molecule has 0 radical (unpaired) electrons. The average molecular weight is 339 g/mol. The number of nitrogens with one attached hydrogen (secondary N) is 2. The molecule has 1 amide bonds. The van der Waals surface area contributed by atoms with E-state index in [1.807, 2.05) is 4.72 Å². The summed E-state index contributed by atoms with van der Waals surface area (Å²) in [7, 11) is -3.91. The highest BCUT2D eigenvalue weighted by atomic mass is 35.5. The molecular weight excluding hydrogens is 320 g/mol. The molecule has 0 spiro atoms. The zero-order valence-electron chi connectivity index (χ0n) is 12.1. The normalized spacial score (nSPS) is 13.3. The summed E-state index contributed by atoms with van der Waals surface area (Å²) in [5.74, 6) is -0.630. The summed E-state index contributed by atoms with van der Waals surface area (Å²) in [4.78, 5) is 12.2. The maximum Gasteiger partial charge on any atom is 0.301 e. The molecule has 2 N–H and O–H groups in total. The lowest BCUT2D eigenvalue weighted by atomic mass is 9.86. The average Bonchev–Trinajstić information content (AvgIpc) is 2.59. The second-order valence-electron chi connectivity index (χ2n) is 6.05. The molecule has 1 aromatic heterocycles. The van der Waals surface area contributed by atoms with Crippen molar-refractivity contribution in [2.75, 3.05) is 0 Å². The highest BCUT2D eigenvalue weighted by Crippen LogP contribution is 2.33. The van der Waals surface area contributed by atoms with E-state index < -0.39 is 27.1 Å². The molecule has 20 heavy (non-hydrogen) atoms. The van der Waals surface area contributed by atoms with E-state index in [-0.39, 0.29) is 0 Å². The van der Waals surface area contributed by atoms with Gasteiger partial charge < -0.3 is 0 Å². The van der Waals surface area contributed by atoms with Gasteiger partial charge in [-0.25, -0.2) is 4.72 Å². The third-order valence-electron chi connectivity index (χ3n) is 2.52. The van der Waals surface area contributed by atoms with Crippen molar-refractivity contribution in [3.8, 4) is 0 Å². The summed E-state index contributed by atoms with van der Waals surface area (Å²) < 4.78 is 28.2. The molecule has 0 aliphatic heterocycles. The molecule has 1 aromatic rings. The highest BCUT2D eigenvalue weighted by Gasteiger charge is 2.35. The van der Waals surface area contributed by atoms with E-state index in [4.69, 9.17) is 11.6 Å². The van der Waals surface area contributed by atoms with Crippen LogP contribution in [0.5, 0.6) is 0 Å². The monoisotopic (exact) mass is 338 g/mol. The van der Waals surface area contributed by atoms with Crippen LogP contribution in [0.25, 0.3) is 0 Å². The van der Waals surface area contributed by atoms with Crippen LogP contribution in [0.1, 0.15) is 40.2 Å². The molecule has 0 saturated carbocycles. The smallest absolute Gasteiger partial charge is 0.273 e. The number of halogens is 1. The minimum Gasteiger partial charge on any atom is -0.273 e. The number of rotatable bonds is 4. The van der Waals surface area contributed by atoms with Gasteiger partial charge in [-0.2, -0.15) is 24.5 Å². The Kier molecular flexibility index (Phi) is 4.91. The van der Waals surface area contributed by atoms with Crippen LogP contribution < -0.4 is 9.44 Å². The third-order valence-corrected chi connectivity index (χ3v) is 5.04. The van der Waals surface area contributed by atoms with Crippen LogP contribution >= 0.6 is 22.9 Å². The molecule has 1 heterocycles. The van der Waals surface area contributed by atoms with Crippen LogP contribution in [-0.2, 0) is 20.4 Å². The summed E-state index contributed by atoms with van der Waals surface area (Å²) in [6.45, 7) is 8.33. The molecule has 0 aliphatic rings. The van der Waals surface area contributed by atoms with Crippen LogP contribution in [0.4, 0.5) is 0 Å². The van der Waals surface area contributed by atoms with Crippen molar-refractivity contribution in [1.29, 1.82) is 0 Å². The third kappa shape index (κ3) is 4.44. The van der Waals surface area contributed by atoms with E-state index >= 15 is 0 Å². The summed E-state index contributed by atoms with van der Waals surface area (Å²) in [6.07, 6.45) is 0. The molecule has 0 aromatic carbocycles. The van der Waals surface area contributed by atoms with Crippen LogP contribution in [0, 0.1) is 0 Å². The van der Waals surface area contributed by atoms with Crippen molar-refractivity contribution in [2.45, 2.75) is 45.6 Å². The molecule has 0 unspecified atom stereocenters. The number of hydrogen-bond acceptors (Lipinski definition) is 4. The van der Waals surface area contributed by atoms with E-state index in [1.54, 1.807) is 45.4 Å². The predicted octanol–water partition coefficient (Wildman–Crippen LogP) is 2.43. The van der Waals surface area contributed by atoms with Gasteiger partial charge in [0.05, 0.1) is 10.4 Å². The molecule has 0 fully saturated rings. The van der Waals surface area contributed by atoms with E-state index in [2.05, 4.69) is 4.72 Å². The van der Waals surface area contributed by atoms with E-state index in [1.165, 1.54) is 11.3 Å². The largest absolute Gasteiger partial charge is 0.301 e. The fraction of sp³-hybridized carbons (Fsp3) is 0.583. The Bertz CT molecular complexity index is 600. The SMILES string of the molecule is CC(C)(C)NS(=O)(=O)NC(=O)C(C)(C)c1cscc1Cl. The number of thiophene rings is 1. The van der Waals surface area contributed by atoms with E-state index in [9.17, 15) is 13.2 Å². The van der Waals surface area contributed by atoms with Crippen LogP contribution in [0.2, 0.25) is 5.02 Å². The van der Waals surface area contributed by atoms with Crippen molar-refractivity contribution in [1.82, 2.24) is 9.44 Å². The Labute approximate surface area is 128 Å². The Morgan fingerprint density at radius 1 is 1.20 bits per heavy atom. The zero-order chi connectivity index (χ0) is 15.8. The molecule has 5 nitrogen and oxygen atoms in total. The molecule has 0 atom stereocenters. The molecule has 1 rings (SSSR count). The van der Waals surface area contributed by atoms with Crippen LogP contribution in [0.3, 0.4) is 0 Å². The first-order chi connectivity index (χ1) is 8.85. The highest BCUT2D eigenvalue weighted by molar-refractivity contribution is 7.88. The van der Waals surface area contributed by atoms with Crippen LogP contribution in [0.15, 0.2) is 10.8 Å². The summed E-state index contributed by atoms with van der Waals surface area (Å²) in [6, 6.07) is 0. The minimum atomic E-state index is -3.91. The predicted molar refractivity (Wildman–Crippen MR) is 82.3 cm³/mol. The van der Waals surface area contributed by atoms with E-state index in [0.717, 1.165) is 0 Å². The number of amides is 1. The van der Waals surface area contributed by atoms with Gasteiger partial charge in [-0.15, -0.1) is 0 Å². The fourth-order valence-electron chi connectivity index (χ4n) is 1.53. The minimum absolute atomic E-state index is 0.455. The molecule has 114 valence electrons. The Hall–Kier alpha value is -0.630. The Morgan fingerprint density at radius 3 is 2.15 bits per heavy atom. The Balaban J connectivity index is 2.94. The second kappa shape index (κ2) is 5.63. The maximum absolute atomic E-state index is 12.2. The van der Waals surface area contributed by atoms with Gasteiger partial charge in [0, 0.05) is 10.9 Å². The van der Waals surface area contributed by atoms with Gasteiger partial charge in [0.15, 0.2) is 0 Å². The van der Waals surface area contributed by atoms with Gasteiger partial charge in [-0.1, -0.05) is 11.6 Å². The molecular formula is C12H19ClN2O3S2. The second-order valence-corrected chi connectivity index (χ2v) is 8.61. The Morgan fingerprint density at radius 2 is 1.75 bits per heavy atom. The first-order valence-electron chi connectivity index (χ1n) is 5.93. The zero-order valence-corrected chi connectivity index (χ0v) is 14.5. The summed E-state index contributed by atoms with van der Waals surface area (Å²) in [5, 5.41) is 3.90. The lowest BCUT2D eigenvalue weighted by Crippen LogP contribution is -2.52. The van der Waals surface area contributed by atoms with Crippen molar-refractivity contribution in [2.24, 2.45) is 0 Å². The molecule has 8 heteroatoms. The van der Waals surface area contributed by atoms with Gasteiger partial charge in [0.25, 0.3) is 0 Å². The topological polar surface area (TPSA) is 75.3 Å². The van der Waals surface area contributed by atoms with Gasteiger partial charge in [-0.05, 0) is 45.6 Å². The maximum atomic E-state index is 12.2. The first-order valence-corrected chi connectivity index (χ1v) is 8.74. The molecule has 0 bridgehead atoms. The van der Waals surface area contributed by atoms with Crippen LogP contribution in [-0.4, -0.2) is 19.9 Å². The van der Waals surface area contributed by atoms with Gasteiger partial charge in [0.2, 0.25) is 5.91 Å². The van der Waals surface area contributed by atoms with Crippen molar-refractivity contribution < 1.29 is 13.2 Å². The number of carbonyl (C=O) groups excluding carboxylic acids is 1. The molecule has 0 aliphatic carbocycles. The standard InChI is InChI=1S/C12H19ClN2O3S2/c1-11(2,3)15-20(17,18)14-10(16)12(4,5)8-6-19-7-9(8)13/h6-7,15H,1-5H3,(H,14,16). The van der Waals surface area contributed by atoms with Gasteiger partial charge in [0.1, 0.15) is 0 Å². The van der Waals surface area contributed by atoms with Crippen molar-refractivity contribution in [3.63, 3.8) is 0 Å². The first kappa shape index (κ1) is 17.4. The van der Waals surface area contributed by atoms with Crippen molar-refractivity contribution in [3.05, 3.63) is 21.3 Å². The lowest BCUT2D eigenvalue weighted by Gasteiger charge is -2.25. The fourth-order valence-corrected chi connectivity index (χ4v) is 4.27. The quantitative estimate of drug-likeness (QED) is 0.885.